The minimum Gasteiger partial charge on any atom is -0.394 e. The van der Waals surface area contributed by atoms with Gasteiger partial charge in [-0.2, -0.15) is 0 Å². The summed E-state index contributed by atoms with van der Waals surface area (Å²) in [5.41, 5.74) is 0. The standard InChI is InChI=1S/C7H13NO5/c9-1-5-7(12)6(11)4(2-13-5)8-3-10/h3-7,9,11-12H,1-2H2,(H,8,10)/t4-,5+,6+,7+/m0/s1. The minimum atomic E-state index is -1.17. The predicted molar refractivity (Wildman–Crippen MR) is 41.8 cm³/mol. The highest BCUT2D eigenvalue weighted by Crippen LogP contribution is 2.14. The maximum absolute atomic E-state index is 10.1. The van der Waals surface area contributed by atoms with Gasteiger partial charge in [-0.15, -0.1) is 0 Å². The lowest BCUT2D eigenvalue weighted by atomic mass is 9.99. The maximum Gasteiger partial charge on any atom is 0.207 e. The summed E-state index contributed by atoms with van der Waals surface area (Å²) in [6.45, 7) is -0.270. The van der Waals surface area contributed by atoms with E-state index in [1.54, 1.807) is 0 Å². The molecule has 6 nitrogen and oxygen atoms in total. The Bertz CT molecular complexity index is 176. The SMILES string of the molecule is O=CN[C@H]1CO[C@H](CO)[C@@H](O)[C@@H]1O. The quantitative estimate of drug-likeness (QED) is 0.361. The summed E-state index contributed by atoms with van der Waals surface area (Å²) < 4.78 is 4.99. The van der Waals surface area contributed by atoms with Crippen LogP contribution in [0.3, 0.4) is 0 Å². The number of aliphatic hydroxyl groups is 3. The zero-order chi connectivity index (χ0) is 9.84. The van der Waals surface area contributed by atoms with E-state index in [1.165, 1.54) is 0 Å². The molecule has 0 aromatic heterocycles. The van der Waals surface area contributed by atoms with Gasteiger partial charge in [0.25, 0.3) is 0 Å². The Labute approximate surface area is 75.1 Å². The van der Waals surface area contributed by atoms with Crippen LogP contribution in [-0.2, 0) is 9.53 Å². The van der Waals surface area contributed by atoms with Gasteiger partial charge in [0.15, 0.2) is 0 Å². The Hall–Kier alpha value is -0.690. The molecule has 1 heterocycles. The molecule has 0 aromatic carbocycles. The second-order valence-corrected chi connectivity index (χ2v) is 2.93. The molecule has 1 aliphatic heterocycles. The first kappa shape index (κ1) is 10.4. The largest absolute Gasteiger partial charge is 0.394 e. The molecular formula is C7H13NO5. The van der Waals surface area contributed by atoms with E-state index in [0.29, 0.717) is 6.41 Å². The number of aliphatic hydroxyl groups excluding tert-OH is 3. The first-order valence-electron chi connectivity index (χ1n) is 3.99. The fourth-order valence-electron chi connectivity index (χ4n) is 1.28. The fourth-order valence-corrected chi connectivity index (χ4v) is 1.28. The Morgan fingerprint density at radius 2 is 2.15 bits per heavy atom. The van der Waals surface area contributed by atoms with Crippen molar-refractivity contribution < 1.29 is 24.9 Å². The van der Waals surface area contributed by atoms with Crippen LogP contribution in [0.1, 0.15) is 0 Å². The summed E-state index contributed by atoms with van der Waals surface area (Å²) in [6.07, 6.45) is -2.62. The molecule has 13 heavy (non-hydrogen) atoms. The van der Waals surface area contributed by atoms with Crippen molar-refractivity contribution in [3.8, 4) is 0 Å². The Morgan fingerprint density at radius 1 is 1.46 bits per heavy atom. The predicted octanol–water partition coefficient (Wildman–Crippen LogP) is -2.79. The molecule has 0 bridgehead atoms. The van der Waals surface area contributed by atoms with Gasteiger partial charge in [-0.3, -0.25) is 4.79 Å². The van der Waals surface area contributed by atoms with Crippen LogP contribution >= 0.6 is 0 Å². The lowest BCUT2D eigenvalue weighted by molar-refractivity contribution is -0.162. The summed E-state index contributed by atoms with van der Waals surface area (Å²) in [5.74, 6) is 0. The number of carbonyl (C=O) groups excluding carboxylic acids is 1. The monoisotopic (exact) mass is 191 g/mol. The van der Waals surface area contributed by atoms with Crippen molar-refractivity contribution in [1.29, 1.82) is 0 Å². The highest BCUT2D eigenvalue weighted by atomic mass is 16.5. The van der Waals surface area contributed by atoms with Gasteiger partial charge in [-0.1, -0.05) is 0 Å². The molecule has 76 valence electrons. The van der Waals surface area contributed by atoms with Gasteiger partial charge >= 0.3 is 0 Å². The Kier molecular flexibility index (Phi) is 3.61. The van der Waals surface area contributed by atoms with Crippen LogP contribution in [0.15, 0.2) is 0 Å². The number of ether oxygens (including phenoxy) is 1. The van der Waals surface area contributed by atoms with Crippen LogP contribution in [0, 0.1) is 0 Å². The lowest BCUT2D eigenvalue weighted by Crippen LogP contribution is -2.58. The fraction of sp³-hybridized carbons (Fsp3) is 0.857. The summed E-state index contributed by atoms with van der Waals surface area (Å²) >= 11 is 0. The van der Waals surface area contributed by atoms with Crippen LogP contribution in [-0.4, -0.2) is 59.3 Å². The van der Waals surface area contributed by atoms with E-state index < -0.39 is 24.4 Å². The molecule has 6 heteroatoms. The number of hydrogen-bond donors (Lipinski definition) is 4. The second kappa shape index (κ2) is 4.52. The first-order valence-corrected chi connectivity index (χ1v) is 3.99. The molecule has 0 radical (unpaired) electrons. The molecule has 1 aliphatic rings. The third-order valence-electron chi connectivity index (χ3n) is 2.10. The molecule has 1 fully saturated rings. The average molecular weight is 191 g/mol. The maximum atomic E-state index is 10.1. The molecule has 0 spiro atoms. The van der Waals surface area contributed by atoms with Crippen molar-refractivity contribution in [1.82, 2.24) is 5.32 Å². The van der Waals surface area contributed by atoms with Gasteiger partial charge in [-0.05, 0) is 0 Å². The van der Waals surface area contributed by atoms with Gasteiger partial charge in [0, 0.05) is 0 Å². The van der Waals surface area contributed by atoms with Gasteiger partial charge in [-0.25, -0.2) is 0 Å². The molecule has 0 unspecified atom stereocenters. The van der Waals surface area contributed by atoms with Crippen molar-refractivity contribution in [2.75, 3.05) is 13.2 Å². The van der Waals surface area contributed by atoms with Gasteiger partial charge in [0.05, 0.1) is 19.3 Å². The molecule has 0 aromatic rings. The number of hydrogen-bond acceptors (Lipinski definition) is 5. The number of carbonyl (C=O) groups is 1. The highest BCUT2D eigenvalue weighted by molar-refractivity contribution is 5.47. The molecule has 1 saturated heterocycles. The molecule has 4 atom stereocenters. The first-order chi connectivity index (χ1) is 6.20. The zero-order valence-corrected chi connectivity index (χ0v) is 6.96. The van der Waals surface area contributed by atoms with Crippen LogP contribution in [0.2, 0.25) is 0 Å². The number of amides is 1. The number of nitrogens with one attached hydrogen (secondary N) is 1. The molecule has 0 aliphatic carbocycles. The molecule has 0 saturated carbocycles. The van der Waals surface area contributed by atoms with Crippen molar-refractivity contribution >= 4 is 6.41 Å². The summed E-state index contributed by atoms with van der Waals surface area (Å²) in [7, 11) is 0. The van der Waals surface area contributed by atoms with E-state index in [4.69, 9.17) is 9.84 Å². The van der Waals surface area contributed by atoms with E-state index in [9.17, 15) is 15.0 Å². The van der Waals surface area contributed by atoms with Crippen LogP contribution in [0.25, 0.3) is 0 Å². The zero-order valence-electron chi connectivity index (χ0n) is 6.96. The lowest BCUT2D eigenvalue weighted by Gasteiger charge is -2.36. The minimum absolute atomic E-state index is 0.0855. The normalized spacial score (nSPS) is 39.9. The third-order valence-corrected chi connectivity index (χ3v) is 2.10. The van der Waals surface area contributed by atoms with Crippen molar-refractivity contribution in [3.63, 3.8) is 0 Å². The smallest absolute Gasteiger partial charge is 0.207 e. The Balaban J connectivity index is 2.53. The van der Waals surface area contributed by atoms with Crippen molar-refractivity contribution in [3.05, 3.63) is 0 Å². The van der Waals surface area contributed by atoms with Crippen molar-refractivity contribution in [2.45, 2.75) is 24.4 Å². The summed E-state index contributed by atoms with van der Waals surface area (Å²) in [5, 5.41) is 29.8. The van der Waals surface area contributed by atoms with Gasteiger partial charge in [0.1, 0.15) is 18.3 Å². The molecule has 1 amide bonds. The average Bonchev–Trinajstić information content (AvgIpc) is 2.14. The van der Waals surface area contributed by atoms with Crippen LogP contribution in [0.4, 0.5) is 0 Å². The van der Waals surface area contributed by atoms with Crippen LogP contribution < -0.4 is 5.32 Å². The molecular weight excluding hydrogens is 178 g/mol. The van der Waals surface area contributed by atoms with E-state index in [0.717, 1.165) is 0 Å². The topological polar surface area (TPSA) is 99.0 Å². The van der Waals surface area contributed by atoms with Crippen LogP contribution in [0.5, 0.6) is 0 Å². The van der Waals surface area contributed by atoms with Crippen molar-refractivity contribution in [2.24, 2.45) is 0 Å². The van der Waals surface area contributed by atoms with Gasteiger partial charge < -0.3 is 25.4 Å². The van der Waals surface area contributed by atoms with Gasteiger partial charge in [0.2, 0.25) is 6.41 Å². The second-order valence-electron chi connectivity index (χ2n) is 2.93. The van der Waals surface area contributed by atoms with E-state index in [2.05, 4.69) is 5.32 Å². The summed E-state index contributed by atoms with van der Waals surface area (Å²) in [6, 6.07) is -0.615. The highest BCUT2D eigenvalue weighted by Gasteiger charge is 2.37. The van der Waals surface area contributed by atoms with E-state index in [1.807, 2.05) is 0 Å². The third kappa shape index (κ3) is 2.16. The Morgan fingerprint density at radius 3 is 2.69 bits per heavy atom. The number of rotatable bonds is 3. The summed E-state index contributed by atoms with van der Waals surface area (Å²) in [4.78, 5) is 10.1. The molecule has 4 N–H and O–H groups in total. The van der Waals surface area contributed by atoms with E-state index in [-0.39, 0.29) is 13.2 Å². The molecule has 1 rings (SSSR count). The van der Waals surface area contributed by atoms with E-state index >= 15 is 0 Å².